The van der Waals surface area contributed by atoms with Gasteiger partial charge in [-0.3, -0.25) is 9.98 Å². The first-order chi connectivity index (χ1) is 12.2. The lowest BCUT2D eigenvalue weighted by atomic mass is 9.96. The second kappa shape index (κ2) is 9.70. The number of rotatable bonds is 7. The third-order valence-electron chi connectivity index (χ3n) is 4.41. The Morgan fingerprint density at radius 1 is 1.27 bits per heavy atom. The van der Waals surface area contributed by atoms with Crippen molar-refractivity contribution in [1.82, 2.24) is 15.6 Å². The van der Waals surface area contributed by atoms with Crippen molar-refractivity contribution in [3.8, 4) is 5.75 Å². The zero-order valence-corrected chi connectivity index (χ0v) is 17.1. The maximum Gasteiger partial charge on any atom is 0.191 e. The Labute approximate surface area is 170 Å². The Morgan fingerprint density at radius 2 is 2.12 bits per heavy atom. The molecule has 2 N–H and O–H groups in total. The van der Waals surface area contributed by atoms with Crippen LogP contribution in [0.25, 0.3) is 0 Å². The largest absolute Gasteiger partial charge is 0.490 e. The monoisotopic (exact) mass is 470 g/mol. The lowest BCUT2D eigenvalue weighted by molar-refractivity contribution is 0.320. The van der Waals surface area contributed by atoms with E-state index in [4.69, 9.17) is 4.74 Å². The minimum Gasteiger partial charge on any atom is -0.490 e. The molecule has 1 aliphatic rings. The molecule has 0 saturated heterocycles. The minimum atomic E-state index is -0.182. The van der Waals surface area contributed by atoms with Crippen LogP contribution < -0.4 is 15.4 Å². The molecule has 1 aliphatic carbocycles. The van der Waals surface area contributed by atoms with Gasteiger partial charge in [0, 0.05) is 25.2 Å². The molecule has 0 aliphatic heterocycles. The van der Waals surface area contributed by atoms with Gasteiger partial charge < -0.3 is 15.4 Å². The molecule has 140 valence electrons. The number of pyridine rings is 1. The van der Waals surface area contributed by atoms with E-state index in [2.05, 4.69) is 20.6 Å². The van der Waals surface area contributed by atoms with Crippen LogP contribution in [0.3, 0.4) is 0 Å². The third kappa shape index (κ3) is 5.55. The normalized spacial score (nSPS) is 14.9. The summed E-state index contributed by atoms with van der Waals surface area (Å²) in [7, 11) is 1.74. The van der Waals surface area contributed by atoms with Crippen LogP contribution in [0.1, 0.15) is 18.4 Å². The van der Waals surface area contributed by atoms with E-state index in [0.29, 0.717) is 13.2 Å². The van der Waals surface area contributed by atoms with Gasteiger partial charge in [-0.05, 0) is 42.7 Å². The van der Waals surface area contributed by atoms with Crippen LogP contribution >= 0.6 is 24.0 Å². The summed E-state index contributed by atoms with van der Waals surface area (Å²) in [6.07, 6.45) is 5.52. The minimum absolute atomic E-state index is 0. The van der Waals surface area contributed by atoms with Gasteiger partial charge in [-0.15, -0.1) is 24.0 Å². The average molecular weight is 470 g/mol. The molecule has 2 aromatic rings. The van der Waals surface area contributed by atoms with Gasteiger partial charge in [0.15, 0.2) is 5.96 Å². The van der Waals surface area contributed by atoms with Crippen molar-refractivity contribution in [2.24, 2.45) is 4.99 Å². The van der Waals surface area contributed by atoms with Crippen molar-refractivity contribution >= 4 is 29.9 Å². The Kier molecular flexibility index (Phi) is 7.62. The molecule has 1 saturated carbocycles. The number of halogens is 2. The van der Waals surface area contributed by atoms with Gasteiger partial charge in [0.25, 0.3) is 0 Å². The fourth-order valence-corrected chi connectivity index (χ4v) is 2.78. The summed E-state index contributed by atoms with van der Waals surface area (Å²) < 4.78 is 19.1. The van der Waals surface area contributed by atoms with Gasteiger partial charge in [0.2, 0.25) is 0 Å². The quantitative estimate of drug-likeness (QED) is 0.283. The van der Waals surface area contributed by atoms with Crippen molar-refractivity contribution in [1.29, 1.82) is 0 Å². The highest BCUT2D eigenvalue weighted by Crippen LogP contribution is 2.47. The highest BCUT2D eigenvalue weighted by Gasteiger charge is 2.44. The number of aromatic nitrogens is 1. The number of aliphatic imine (C=N–C) groups is 1. The Balaban J connectivity index is 0.00000243. The summed E-state index contributed by atoms with van der Waals surface area (Å²) in [5.41, 5.74) is 1.07. The van der Waals surface area contributed by atoms with Crippen molar-refractivity contribution < 1.29 is 9.13 Å². The molecule has 0 unspecified atom stereocenters. The number of nitrogens with zero attached hydrogens (tertiary/aromatic N) is 2. The molecular formula is C19H24FIN4O. The molecule has 26 heavy (non-hydrogen) atoms. The van der Waals surface area contributed by atoms with Crippen LogP contribution in [0.2, 0.25) is 0 Å². The standard InChI is InChI=1S/C19H23FN4O.HI/c1-21-18(23-10-11-25-17-6-3-9-22-13-17)24-14-19(7-8-19)15-4-2-5-16(20)12-15;/h2-6,9,12-13H,7-8,10-11,14H2,1H3,(H2,21,23,24);1H. The molecule has 0 atom stereocenters. The molecule has 0 radical (unpaired) electrons. The predicted molar refractivity (Wildman–Crippen MR) is 112 cm³/mol. The summed E-state index contributed by atoms with van der Waals surface area (Å²) in [5, 5.41) is 6.56. The van der Waals surface area contributed by atoms with E-state index >= 15 is 0 Å². The van der Waals surface area contributed by atoms with Gasteiger partial charge >= 0.3 is 0 Å². The van der Waals surface area contributed by atoms with Crippen LogP contribution in [0.15, 0.2) is 53.8 Å². The van der Waals surface area contributed by atoms with Gasteiger partial charge in [-0.2, -0.15) is 0 Å². The molecule has 1 aromatic heterocycles. The first kappa shape index (κ1) is 20.4. The van der Waals surface area contributed by atoms with E-state index < -0.39 is 0 Å². The van der Waals surface area contributed by atoms with Crippen LogP contribution in [-0.4, -0.2) is 37.7 Å². The number of nitrogens with one attached hydrogen (secondary N) is 2. The predicted octanol–water partition coefficient (Wildman–Crippen LogP) is 3.11. The lowest BCUT2D eigenvalue weighted by Crippen LogP contribution is -2.42. The number of benzene rings is 1. The number of hydrogen-bond acceptors (Lipinski definition) is 3. The van der Waals surface area contributed by atoms with Crippen molar-refractivity contribution in [3.63, 3.8) is 0 Å². The van der Waals surface area contributed by atoms with E-state index in [-0.39, 0.29) is 35.2 Å². The Morgan fingerprint density at radius 3 is 2.77 bits per heavy atom. The SMILES string of the molecule is CN=C(NCCOc1cccnc1)NCC1(c2cccc(F)c2)CC1.I. The summed E-state index contributed by atoms with van der Waals surface area (Å²) >= 11 is 0. The summed E-state index contributed by atoms with van der Waals surface area (Å²) in [4.78, 5) is 8.23. The van der Waals surface area contributed by atoms with Gasteiger partial charge in [-0.25, -0.2) is 4.39 Å². The fraction of sp³-hybridized carbons (Fsp3) is 0.368. The molecular weight excluding hydrogens is 446 g/mol. The summed E-state index contributed by atoms with van der Waals surface area (Å²) in [6.45, 7) is 1.88. The van der Waals surface area contributed by atoms with Crippen molar-refractivity contribution in [3.05, 3.63) is 60.2 Å². The molecule has 3 rings (SSSR count). The van der Waals surface area contributed by atoms with Gasteiger partial charge in [0.1, 0.15) is 18.2 Å². The maximum atomic E-state index is 13.5. The third-order valence-corrected chi connectivity index (χ3v) is 4.41. The second-order valence-electron chi connectivity index (χ2n) is 6.18. The van der Waals surface area contributed by atoms with Gasteiger partial charge in [0.05, 0.1) is 12.7 Å². The van der Waals surface area contributed by atoms with E-state index in [0.717, 1.165) is 36.7 Å². The van der Waals surface area contributed by atoms with Crippen LogP contribution in [0.4, 0.5) is 4.39 Å². The molecule has 7 heteroatoms. The number of hydrogen-bond donors (Lipinski definition) is 2. The van der Waals surface area contributed by atoms with Crippen LogP contribution in [0, 0.1) is 5.82 Å². The molecule has 0 amide bonds. The number of ether oxygens (including phenoxy) is 1. The molecule has 5 nitrogen and oxygen atoms in total. The lowest BCUT2D eigenvalue weighted by Gasteiger charge is -2.19. The topological polar surface area (TPSA) is 58.5 Å². The zero-order chi connectivity index (χ0) is 17.5. The van der Waals surface area contributed by atoms with E-state index in [1.807, 2.05) is 18.2 Å². The van der Waals surface area contributed by atoms with E-state index in [1.165, 1.54) is 6.07 Å². The molecule has 1 heterocycles. The molecule has 0 spiro atoms. The van der Waals surface area contributed by atoms with E-state index in [9.17, 15) is 4.39 Å². The van der Waals surface area contributed by atoms with E-state index in [1.54, 1.807) is 31.6 Å². The van der Waals surface area contributed by atoms with Crippen LogP contribution in [-0.2, 0) is 5.41 Å². The van der Waals surface area contributed by atoms with Gasteiger partial charge in [-0.1, -0.05) is 12.1 Å². The van der Waals surface area contributed by atoms with Crippen molar-refractivity contribution in [2.45, 2.75) is 18.3 Å². The molecule has 1 fully saturated rings. The van der Waals surface area contributed by atoms with Crippen molar-refractivity contribution in [2.75, 3.05) is 26.7 Å². The average Bonchev–Trinajstić information content (AvgIpc) is 3.43. The highest BCUT2D eigenvalue weighted by molar-refractivity contribution is 14.0. The smallest absolute Gasteiger partial charge is 0.191 e. The molecule has 1 aromatic carbocycles. The zero-order valence-electron chi connectivity index (χ0n) is 14.7. The first-order valence-electron chi connectivity index (χ1n) is 8.45. The highest BCUT2D eigenvalue weighted by atomic mass is 127. The fourth-order valence-electron chi connectivity index (χ4n) is 2.78. The van der Waals surface area contributed by atoms with Crippen LogP contribution in [0.5, 0.6) is 5.75 Å². The maximum absolute atomic E-state index is 13.5. The summed E-state index contributed by atoms with van der Waals surface area (Å²) in [6, 6.07) is 10.6. The Hall–Kier alpha value is -1.90. The number of guanidine groups is 1. The first-order valence-corrected chi connectivity index (χ1v) is 8.45. The second-order valence-corrected chi connectivity index (χ2v) is 6.18. The Bertz CT molecular complexity index is 722. The summed E-state index contributed by atoms with van der Waals surface area (Å²) in [5.74, 6) is 1.28. The molecule has 0 bridgehead atoms.